The first-order valence-corrected chi connectivity index (χ1v) is 3.60. The zero-order valence-corrected chi connectivity index (χ0v) is 6.19. The van der Waals surface area contributed by atoms with Crippen molar-refractivity contribution in [3.05, 3.63) is 6.92 Å². The molecule has 9 heavy (non-hydrogen) atoms. The normalized spacial score (nSPS) is 12.6. The molecular formula is C9H15. The summed E-state index contributed by atoms with van der Waals surface area (Å²) < 4.78 is 0. The molecule has 0 heterocycles. The van der Waals surface area contributed by atoms with Crippen LogP contribution in [0.15, 0.2) is 0 Å². The van der Waals surface area contributed by atoms with E-state index in [1.165, 1.54) is 6.42 Å². The van der Waals surface area contributed by atoms with Gasteiger partial charge in [0.15, 0.2) is 0 Å². The fraction of sp³-hybridized carbons (Fsp3) is 0.667. The summed E-state index contributed by atoms with van der Waals surface area (Å²) in [6.07, 6.45) is 9.69. The van der Waals surface area contributed by atoms with Crippen molar-refractivity contribution in [1.29, 1.82) is 0 Å². The number of rotatable bonds is 4. The van der Waals surface area contributed by atoms with Gasteiger partial charge in [0.05, 0.1) is 0 Å². The minimum atomic E-state index is 0.492. The lowest BCUT2D eigenvalue weighted by Crippen LogP contribution is -1.93. The zero-order chi connectivity index (χ0) is 7.11. The zero-order valence-electron chi connectivity index (χ0n) is 6.19. The van der Waals surface area contributed by atoms with Crippen molar-refractivity contribution in [3.63, 3.8) is 0 Å². The van der Waals surface area contributed by atoms with E-state index >= 15 is 0 Å². The third-order valence-electron chi connectivity index (χ3n) is 1.53. The van der Waals surface area contributed by atoms with E-state index < -0.39 is 0 Å². The summed E-state index contributed by atoms with van der Waals surface area (Å²) in [5.74, 6) is 3.25. The van der Waals surface area contributed by atoms with E-state index in [1.807, 2.05) is 0 Å². The highest BCUT2D eigenvalue weighted by atomic mass is 14.0. The monoisotopic (exact) mass is 123 g/mol. The van der Waals surface area contributed by atoms with Gasteiger partial charge in [-0.2, -0.15) is 0 Å². The molecule has 0 bridgehead atoms. The Morgan fingerprint density at radius 2 is 2.33 bits per heavy atom. The van der Waals surface area contributed by atoms with Crippen molar-refractivity contribution in [3.8, 4) is 12.3 Å². The number of unbranched alkanes of at least 4 members (excludes halogenated alkanes) is 1. The fourth-order valence-corrected chi connectivity index (χ4v) is 0.796. The highest BCUT2D eigenvalue weighted by Gasteiger charge is 1.98. The second-order valence-corrected chi connectivity index (χ2v) is 2.27. The predicted molar refractivity (Wildman–Crippen MR) is 41.8 cm³/mol. The van der Waals surface area contributed by atoms with Crippen LogP contribution >= 0.6 is 0 Å². The lowest BCUT2D eigenvalue weighted by Gasteiger charge is -2.03. The lowest BCUT2D eigenvalue weighted by atomic mass is 10.0. The maximum Gasteiger partial charge on any atom is 0.0197 e. The van der Waals surface area contributed by atoms with E-state index in [1.54, 1.807) is 0 Å². The van der Waals surface area contributed by atoms with E-state index in [0.29, 0.717) is 5.92 Å². The quantitative estimate of drug-likeness (QED) is 0.504. The molecule has 0 aliphatic heterocycles. The summed E-state index contributed by atoms with van der Waals surface area (Å²) in [7, 11) is 0. The smallest absolute Gasteiger partial charge is 0.0197 e. The first-order valence-electron chi connectivity index (χ1n) is 3.60. The molecule has 0 aliphatic rings. The van der Waals surface area contributed by atoms with Crippen LogP contribution in [0.1, 0.15) is 32.6 Å². The minimum absolute atomic E-state index is 0.492. The van der Waals surface area contributed by atoms with Crippen LogP contribution < -0.4 is 0 Å². The van der Waals surface area contributed by atoms with Gasteiger partial charge >= 0.3 is 0 Å². The second-order valence-electron chi connectivity index (χ2n) is 2.27. The first-order chi connectivity index (χ1) is 4.35. The van der Waals surface area contributed by atoms with E-state index in [-0.39, 0.29) is 0 Å². The van der Waals surface area contributed by atoms with Gasteiger partial charge in [0.1, 0.15) is 0 Å². The molecule has 1 unspecified atom stereocenters. The van der Waals surface area contributed by atoms with E-state index in [9.17, 15) is 0 Å². The molecule has 0 spiro atoms. The summed E-state index contributed by atoms with van der Waals surface area (Å²) in [5, 5.41) is 0. The first kappa shape index (κ1) is 8.56. The molecule has 0 fully saturated rings. The molecule has 51 valence electrons. The molecule has 1 atom stereocenters. The van der Waals surface area contributed by atoms with Crippen LogP contribution in [0.4, 0.5) is 0 Å². The summed E-state index contributed by atoms with van der Waals surface area (Å²) in [6, 6.07) is 0. The Bertz CT molecular complexity index is 86.7. The maximum absolute atomic E-state index is 5.25. The van der Waals surface area contributed by atoms with Gasteiger partial charge in [-0.3, -0.25) is 0 Å². The Kier molecular flexibility index (Phi) is 5.41. The Labute approximate surface area is 58.7 Å². The van der Waals surface area contributed by atoms with Crippen LogP contribution in [0.2, 0.25) is 0 Å². The second kappa shape index (κ2) is 5.69. The summed E-state index contributed by atoms with van der Waals surface area (Å²) in [4.78, 5) is 0. The Morgan fingerprint density at radius 3 is 2.67 bits per heavy atom. The third-order valence-corrected chi connectivity index (χ3v) is 1.53. The number of terminal acetylenes is 1. The standard InChI is InChI=1S/C9H15/c1-4-7-8-9(5-2)6-3/h2,9H,1,4,6-8H2,3H3. The predicted octanol–water partition coefficient (Wildman–Crippen LogP) is 2.65. The molecule has 0 aromatic heterocycles. The summed E-state index contributed by atoms with van der Waals surface area (Å²) in [6.45, 7) is 5.89. The van der Waals surface area contributed by atoms with Crippen LogP contribution in [-0.2, 0) is 0 Å². The van der Waals surface area contributed by atoms with Gasteiger partial charge < -0.3 is 0 Å². The van der Waals surface area contributed by atoms with Crippen LogP contribution in [-0.4, -0.2) is 0 Å². The lowest BCUT2D eigenvalue weighted by molar-refractivity contribution is 0.565. The molecule has 0 saturated carbocycles. The molecular weight excluding hydrogens is 108 g/mol. The summed E-state index contributed by atoms with van der Waals surface area (Å²) in [5.41, 5.74) is 0. The molecule has 0 nitrogen and oxygen atoms in total. The molecule has 0 amide bonds. The molecule has 0 heteroatoms. The Hall–Kier alpha value is -0.440. The van der Waals surface area contributed by atoms with Gasteiger partial charge in [-0.05, 0) is 12.8 Å². The Morgan fingerprint density at radius 1 is 1.67 bits per heavy atom. The van der Waals surface area contributed by atoms with E-state index in [0.717, 1.165) is 19.3 Å². The van der Waals surface area contributed by atoms with Gasteiger partial charge in [-0.25, -0.2) is 0 Å². The average molecular weight is 123 g/mol. The molecule has 0 saturated heterocycles. The van der Waals surface area contributed by atoms with Crippen molar-refractivity contribution >= 4 is 0 Å². The molecule has 1 radical (unpaired) electrons. The van der Waals surface area contributed by atoms with Gasteiger partial charge in [0.25, 0.3) is 0 Å². The highest BCUT2D eigenvalue weighted by Crippen LogP contribution is 2.09. The van der Waals surface area contributed by atoms with Crippen LogP contribution in [0.5, 0.6) is 0 Å². The largest absolute Gasteiger partial charge is 0.120 e. The van der Waals surface area contributed by atoms with Crippen molar-refractivity contribution in [2.45, 2.75) is 32.6 Å². The molecule has 0 rings (SSSR count). The molecule has 0 aromatic carbocycles. The van der Waals surface area contributed by atoms with Crippen molar-refractivity contribution in [2.24, 2.45) is 5.92 Å². The highest BCUT2D eigenvalue weighted by molar-refractivity contribution is 4.91. The van der Waals surface area contributed by atoms with E-state index in [2.05, 4.69) is 19.8 Å². The van der Waals surface area contributed by atoms with Crippen molar-refractivity contribution in [2.75, 3.05) is 0 Å². The van der Waals surface area contributed by atoms with Gasteiger partial charge in [-0.15, -0.1) is 12.3 Å². The fourth-order valence-electron chi connectivity index (χ4n) is 0.796. The van der Waals surface area contributed by atoms with Crippen LogP contribution in [0, 0.1) is 25.2 Å². The van der Waals surface area contributed by atoms with Gasteiger partial charge in [-0.1, -0.05) is 26.7 Å². The average Bonchev–Trinajstić information content (AvgIpc) is 1.91. The number of hydrogen-bond donors (Lipinski definition) is 0. The van der Waals surface area contributed by atoms with Gasteiger partial charge in [0.2, 0.25) is 0 Å². The summed E-state index contributed by atoms with van der Waals surface area (Å²) >= 11 is 0. The van der Waals surface area contributed by atoms with Crippen molar-refractivity contribution < 1.29 is 0 Å². The minimum Gasteiger partial charge on any atom is -0.120 e. The molecule has 0 aromatic rings. The van der Waals surface area contributed by atoms with Crippen molar-refractivity contribution in [1.82, 2.24) is 0 Å². The van der Waals surface area contributed by atoms with Gasteiger partial charge in [0, 0.05) is 5.92 Å². The number of hydrogen-bond acceptors (Lipinski definition) is 0. The van der Waals surface area contributed by atoms with E-state index in [4.69, 9.17) is 6.42 Å². The SMILES string of the molecule is C#CC(CC)CCC[CH2]. The maximum atomic E-state index is 5.25. The molecule has 0 N–H and O–H groups in total. The van der Waals surface area contributed by atoms with Crippen LogP contribution in [0.3, 0.4) is 0 Å². The van der Waals surface area contributed by atoms with Crippen LogP contribution in [0.25, 0.3) is 0 Å². The molecule has 0 aliphatic carbocycles. The third kappa shape index (κ3) is 4.09. The topological polar surface area (TPSA) is 0 Å². The Balaban J connectivity index is 3.23.